The summed E-state index contributed by atoms with van der Waals surface area (Å²) in [6.45, 7) is 0. The molecule has 0 aliphatic carbocycles. The summed E-state index contributed by atoms with van der Waals surface area (Å²) in [5.74, 6) is -1.16. The predicted octanol–water partition coefficient (Wildman–Crippen LogP) is 3.28. The number of carbonyl (C=O) groups is 1. The quantitative estimate of drug-likeness (QED) is 0.678. The summed E-state index contributed by atoms with van der Waals surface area (Å²) in [5.41, 5.74) is 0.337. The van der Waals surface area contributed by atoms with Crippen LogP contribution in [0.1, 0.15) is 16.1 Å². The number of benzene rings is 1. The molecule has 0 fully saturated rings. The maximum atomic E-state index is 12.6. The summed E-state index contributed by atoms with van der Waals surface area (Å²) in [7, 11) is 0. The maximum Gasteiger partial charge on any atom is 0.416 e. The van der Waals surface area contributed by atoms with E-state index in [1.54, 1.807) is 0 Å². The van der Waals surface area contributed by atoms with E-state index < -0.39 is 17.7 Å². The monoisotopic (exact) mass is 295 g/mol. The summed E-state index contributed by atoms with van der Waals surface area (Å²) in [6, 6.07) is 4.63. The Hall–Kier alpha value is -2.77. The Morgan fingerprint density at radius 1 is 1.24 bits per heavy atom. The lowest BCUT2D eigenvalue weighted by atomic mass is 10.1. The van der Waals surface area contributed by atoms with Crippen molar-refractivity contribution in [2.75, 3.05) is 0 Å². The number of nitrogens with one attached hydrogen (secondary N) is 2. The maximum absolute atomic E-state index is 12.6. The first-order valence-electron chi connectivity index (χ1n) is 5.83. The molecule has 0 aliphatic rings. The van der Waals surface area contributed by atoms with Gasteiger partial charge in [0.15, 0.2) is 0 Å². The number of nitrogens with zero attached hydrogens (tertiary/aromatic N) is 1. The number of aromatic amines is 2. The van der Waals surface area contributed by atoms with E-state index in [0.717, 1.165) is 12.1 Å². The van der Waals surface area contributed by atoms with Crippen LogP contribution in [0, 0.1) is 0 Å². The molecular formula is C13H8F3N3O2. The zero-order valence-corrected chi connectivity index (χ0v) is 10.3. The smallest absolute Gasteiger partial charge is 0.416 e. The molecule has 2 aromatic heterocycles. The van der Waals surface area contributed by atoms with Crippen LogP contribution in [0.2, 0.25) is 0 Å². The van der Waals surface area contributed by atoms with E-state index >= 15 is 0 Å². The van der Waals surface area contributed by atoms with Crippen LogP contribution in [-0.4, -0.2) is 26.3 Å². The van der Waals surface area contributed by atoms with Gasteiger partial charge in [-0.05, 0) is 18.2 Å². The van der Waals surface area contributed by atoms with Crippen LogP contribution in [0.4, 0.5) is 13.2 Å². The van der Waals surface area contributed by atoms with Gasteiger partial charge >= 0.3 is 12.1 Å². The fourth-order valence-corrected chi connectivity index (χ4v) is 2.08. The second-order valence-corrected chi connectivity index (χ2v) is 4.43. The molecule has 1 aromatic carbocycles. The van der Waals surface area contributed by atoms with E-state index in [2.05, 4.69) is 15.2 Å². The van der Waals surface area contributed by atoms with Crippen molar-refractivity contribution in [3.05, 3.63) is 41.7 Å². The number of carboxylic acids is 1. The number of aromatic carboxylic acids is 1. The van der Waals surface area contributed by atoms with E-state index in [1.165, 1.54) is 18.3 Å². The van der Waals surface area contributed by atoms with E-state index in [4.69, 9.17) is 5.11 Å². The molecule has 0 aliphatic heterocycles. The van der Waals surface area contributed by atoms with E-state index in [0.29, 0.717) is 22.2 Å². The highest BCUT2D eigenvalue weighted by molar-refractivity contribution is 5.96. The van der Waals surface area contributed by atoms with Crippen LogP contribution in [-0.2, 0) is 6.18 Å². The first-order valence-corrected chi connectivity index (χ1v) is 5.83. The number of fused-ring (bicyclic) bond motifs is 1. The minimum Gasteiger partial charge on any atom is -0.477 e. The third kappa shape index (κ3) is 2.24. The topological polar surface area (TPSA) is 81.8 Å². The summed E-state index contributed by atoms with van der Waals surface area (Å²) >= 11 is 0. The van der Waals surface area contributed by atoms with Crippen molar-refractivity contribution in [3.8, 4) is 11.3 Å². The minimum absolute atomic E-state index is 0.0914. The van der Waals surface area contributed by atoms with Crippen LogP contribution in [0.15, 0.2) is 30.5 Å². The largest absolute Gasteiger partial charge is 0.477 e. The minimum atomic E-state index is -4.41. The molecule has 8 heteroatoms. The van der Waals surface area contributed by atoms with Crippen molar-refractivity contribution < 1.29 is 23.1 Å². The Morgan fingerprint density at radius 2 is 2.00 bits per heavy atom. The van der Waals surface area contributed by atoms with Crippen molar-refractivity contribution in [2.24, 2.45) is 0 Å². The normalized spacial score (nSPS) is 12.0. The number of hydrogen-bond acceptors (Lipinski definition) is 2. The molecule has 0 amide bonds. The van der Waals surface area contributed by atoms with Gasteiger partial charge in [0.1, 0.15) is 5.69 Å². The van der Waals surface area contributed by atoms with Gasteiger partial charge in [0.05, 0.1) is 11.3 Å². The molecule has 0 unspecified atom stereocenters. The van der Waals surface area contributed by atoms with Crippen LogP contribution >= 0.6 is 0 Å². The summed E-state index contributed by atoms with van der Waals surface area (Å²) in [5, 5.41) is 15.6. The molecule has 0 saturated carbocycles. The highest BCUT2D eigenvalue weighted by Crippen LogP contribution is 2.34. The summed E-state index contributed by atoms with van der Waals surface area (Å²) in [6.07, 6.45) is -2.92. The SMILES string of the molecule is O=C(O)c1cc(-c2c[nH]c3cc(C(F)(F)F)ccc23)n[nH]1. The van der Waals surface area contributed by atoms with Crippen LogP contribution in [0.25, 0.3) is 22.2 Å². The van der Waals surface area contributed by atoms with Crippen molar-refractivity contribution in [2.45, 2.75) is 6.18 Å². The number of alkyl halides is 3. The van der Waals surface area contributed by atoms with Crippen molar-refractivity contribution >= 4 is 16.9 Å². The average Bonchev–Trinajstić information content (AvgIpc) is 3.03. The molecule has 108 valence electrons. The fraction of sp³-hybridized carbons (Fsp3) is 0.0769. The number of rotatable bonds is 2. The summed E-state index contributed by atoms with van der Waals surface area (Å²) < 4.78 is 37.9. The second kappa shape index (κ2) is 4.37. The predicted molar refractivity (Wildman–Crippen MR) is 67.8 cm³/mol. The Kier molecular flexibility index (Phi) is 2.75. The zero-order valence-electron chi connectivity index (χ0n) is 10.3. The second-order valence-electron chi connectivity index (χ2n) is 4.43. The summed E-state index contributed by atoms with van der Waals surface area (Å²) in [4.78, 5) is 13.5. The van der Waals surface area contributed by atoms with Gasteiger partial charge in [-0.15, -0.1) is 0 Å². The Morgan fingerprint density at radius 3 is 2.62 bits per heavy atom. The van der Waals surface area contributed by atoms with Crippen LogP contribution in [0.5, 0.6) is 0 Å². The molecule has 0 radical (unpaired) electrons. The molecule has 3 N–H and O–H groups in total. The van der Waals surface area contributed by atoms with Gasteiger partial charge in [0, 0.05) is 22.7 Å². The Bertz CT molecular complexity index is 833. The molecule has 0 spiro atoms. The van der Waals surface area contributed by atoms with Crippen molar-refractivity contribution in [1.29, 1.82) is 0 Å². The molecule has 5 nitrogen and oxygen atoms in total. The standard InChI is InChI=1S/C13H8F3N3O2/c14-13(15,16)6-1-2-7-8(5-17-9(7)3-6)10-4-11(12(20)21)19-18-10/h1-5,17H,(H,18,19)(H,20,21). The Labute approximate surface area is 115 Å². The average molecular weight is 295 g/mol. The van der Waals surface area contributed by atoms with Gasteiger partial charge in [-0.1, -0.05) is 6.07 Å². The third-order valence-electron chi connectivity index (χ3n) is 3.09. The van der Waals surface area contributed by atoms with Gasteiger partial charge in [-0.3, -0.25) is 5.10 Å². The number of hydrogen-bond donors (Lipinski definition) is 3. The molecule has 3 aromatic rings. The fourth-order valence-electron chi connectivity index (χ4n) is 2.08. The number of carboxylic acid groups (broad SMARTS) is 1. The Balaban J connectivity index is 2.10. The zero-order chi connectivity index (χ0) is 15.2. The molecule has 2 heterocycles. The van der Waals surface area contributed by atoms with Crippen molar-refractivity contribution in [3.63, 3.8) is 0 Å². The van der Waals surface area contributed by atoms with E-state index in [-0.39, 0.29) is 5.69 Å². The van der Waals surface area contributed by atoms with Gasteiger partial charge in [-0.2, -0.15) is 18.3 Å². The van der Waals surface area contributed by atoms with Gasteiger partial charge in [0.2, 0.25) is 0 Å². The lowest BCUT2D eigenvalue weighted by molar-refractivity contribution is -0.137. The molecule has 21 heavy (non-hydrogen) atoms. The molecule has 0 atom stereocenters. The number of aromatic nitrogens is 3. The number of halogens is 3. The highest BCUT2D eigenvalue weighted by Gasteiger charge is 2.30. The van der Waals surface area contributed by atoms with Crippen LogP contribution < -0.4 is 0 Å². The molecule has 0 saturated heterocycles. The van der Waals surface area contributed by atoms with Gasteiger partial charge in [-0.25, -0.2) is 4.79 Å². The molecule has 0 bridgehead atoms. The first-order chi connectivity index (χ1) is 9.86. The van der Waals surface area contributed by atoms with Gasteiger partial charge < -0.3 is 10.1 Å². The number of H-pyrrole nitrogens is 2. The molecular weight excluding hydrogens is 287 g/mol. The van der Waals surface area contributed by atoms with Gasteiger partial charge in [0.25, 0.3) is 0 Å². The van der Waals surface area contributed by atoms with E-state index in [9.17, 15) is 18.0 Å². The first kappa shape index (κ1) is 13.2. The van der Waals surface area contributed by atoms with E-state index in [1.807, 2.05) is 0 Å². The molecule has 3 rings (SSSR count). The third-order valence-corrected chi connectivity index (χ3v) is 3.09. The van der Waals surface area contributed by atoms with Crippen LogP contribution in [0.3, 0.4) is 0 Å². The lowest BCUT2D eigenvalue weighted by Crippen LogP contribution is -2.04. The lowest BCUT2D eigenvalue weighted by Gasteiger charge is -2.06. The highest BCUT2D eigenvalue weighted by atomic mass is 19.4. The van der Waals surface area contributed by atoms with Crippen molar-refractivity contribution in [1.82, 2.24) is 15.2 Å².